The maximum atomic E-state index is 14.2. The minimum atomic E-state index is -3.03. The lowest BCUT2D eigenvalue weighted by Crippen LogP contribution is -2.56. The average molecular weight is 846 g/mol. The summed E-state index contributed by atoms with van der Waals surface area (Å²) in [5, 5.41) is 2.64. The van der Waals surface area contributed by atoms with E-state index in [4.69, 9.17) is 37.9 Å². The average Bonchev–Trinajstić information content (AvgIpc) is 3.73. The standard InChI is InChI=1S/C38H49N6O14P/c1-5-9-19-55-35(48)43-17-15-42(16-18-43)33(46)28(23-59(51)58-38(56-36(49)53-7-3)57-37(50)54-8-4)40-32(45)27-20-29(41-31(39-27)24-13-11-10-12-14-24)44-21-25-26(22-44)30(25)34(47)52-6-2/h10-14,20,25-26,28,30,38H,5-9,15-19,21-23H2,1-4H3/p+1/t25-,26+,28-,30?/m0/s1. The summed E-state index contributed by atoms with van der Waals surface area (Å²) in [6, 6.07) is 8.91. The first-order valence-electron chi connectivity index (χ1n) is 19.6. The fraction of sp³-hybridized carbons (Fsp3) is 0.579. The lowest BCUT2D eigenvalue weighted by molar-refractivity contribution is -0.199. The van der Waals surface area contributed by atoms with Gasteiger partial charge >= 0.3 is 38.9 Å². The van der Waals surface area contributed by atoms with Crippen molar-refractivity contribution in [2.24, 2.45) is 17.8 Å². The first kappa shape index (κ1) is 44.5. The lowest BCUT2D eigenvalue weighted by atomic mass is 10.2. The summed E-state index contributed by atoms with van der Waals surface area (Å²) in [5.74, 6) is -1.11. The quantitative estimate of drug-likeness (QED) is 0.0736. The Labute approximate surface area is 342 Å². The number of fused-ring (bicyclic) bond motifs is 1. The molecule has 1 aromatic carbocycles. The van der Waals surface area contributed by atoms with Gasteiger partial charge in [0.1, 0.15) is 11.5 Å². The molecular formula is C38H50N6O14P+. The van der Waals surface area contributed by atoms with Crippen LogP contribution in [0.1, 0.15) is 51.0 Å². The number of piperazine rings is 1. The van der Waals surface area contributed by atoms with Crippen LogP contribution >= 0.6 is 8.03 Å². The van der Waals surface area contributed by atoms with Crippen LogP contribution in [0.5, 0.6) is 0 Å². The fourth-order valence-corrected chi connectivity index (χ4v) is 7.60. The van der Waals surface area contributed by atoms with Gasteiger partial charge in [0, 0.05) is 50.9 Å². The van der Waals surface area contributed by atoms with E-state index in [1.165, 1.54) is 29.7 Å². The Hall–Kier alpha value is -5.62. The van der Waals surface area contributed by atoms with Gasteiger partial charge in [0.25, 0.3) is 5.91 Å². The molecular weight excluding hydrogens is 795 g/mol. The zero-order valence-corrected chi connectivity index (χ0v) is 34.3. The highest BCUT2D eigenvalue weighted by Gasteiger charge is 2.60. The minimum absolute atomic E-state index is 0.0617. The minimum Gasteiger partial charge on any atom is -0.466 e. The fourth-order valence-electron chi connectivity index (χ4n) is 6.69. The van der Waals surface area contributed by atoms with E-state index in [-0.39, 0.29) is 81.2 Å². The van der Waals surface area contributed by atoms with Gasteiger partial charge in [-0.15, -0.1) is 0 Å². The van der Waals surface area contributed by atoms with Gasteiger partial charge in [-0.1, -0.05) is 48.2 Å². The second-order valence-corrected chi connectivity index (χ2v) is 14.9. The molecule has 5 rings (SSSR count). The monoisotopic (exact) mass is 845 g/mol. The number of nitrogens with zero attached hydrogens (tertiary/aromatic N) is 5. The van der Waals surface area contributed by atoms with Gasteiger partial charge in [0.15, 0.2) is 11.9 Å². The molecule has 3 aliphatic rings. The van der Waals surface area contributed by atoms with Crippen molar-refractivity contribution in [1.82, 2.24) is 25.1 Å². The zero-order chi connectivity index (χ0) is 42.5. The van der Waals surface area contributed by atoms with Gasteiger partial charge in [-0.05, 0) is 43.6 Å². The van der Waals surface area contributed by atoms with Crippen LogP contribution in [-0.4, -0.2) is 140 Å². The number of ether oxygens (including phenoxy) is 6. The number of anilines is 1. The Bertz CT molecular complexity index is 1800. The Morgan fingerprint density at radius 2 is 1.42 bits per heavy atom. The summed E-state index contributed by atoms with van der Waals surface area (Å²) in [6.07, 6.45) is -2.25. The number of unbranched alkanes of at least 4 members (excludes halogenated alkanes) is 1. The van der Waals surface area contributed by atoms with Crippen molar-refractivity contribution in [3.8, 4) is 11.4 Å². The molecule has 3 heterocycles. The summed E-state index contributed by atoms with van der Waals surface area (Å²) in [4.78, 5) is 91.5. The molecule has 320 valence electrons. The number of hydrogen-bond acceptors (Lipinski definition) is 17. The molecule has 20 nitrogen and oxygen atoms in total. The van der Waals surface area contributed by atoms with Crippen LogP contribution in [0.2, 0.25) is 0 Å². The van der Waals surface area contributed by atoms with Crippen molar-refractivity contribution in [3.63, 3.8) is 0 Å². The molecule has 2 aliphatic heterocycles. The number of nitrogens with one attached hydrogen (secondary N) is 1. The van der Waals surface area contributed by atoms with Gasteiger partial charge in [-0.25, -0.2) is 24.4 Å². The molecule has 21 heteroatoms. The van der Waals surface area contributed by atoms with E-state index < -0.39 is 56.9 Å². The maximum Gasteiger partial charge on any atom is 0.518 e. The lowest BCUT2D eigenvalue weighted by Gasteiger charge is -2.35. The van der Waals surface area contributed by atoms with E-state index in [1.807, 2.05) is 17.9 Å². The molecule has 1 N–H and O–H groups in total. The Morgan fingerprint density at radius 1 is 0.814 bits per heavy atom. The van der Waals surface area contributed by atoms with Crippen molar-refractivity contribution in [1.29, 1.82) is 0 Å². The smallest absolute Gasteiger partial charge is 0.466 e. The van der Waals surface area contributed by atoms with Crippen LogP contribution in [0.15, 0.2) is 36.4 Å². The SMILES string of the molecule is CCCCOC(=O)N1CCN(C(=O)[C@H](C[P+](=O)OC(OC(=O)OCC)OC(=O)OCC)NC(=O)c2cc(N3C[C@@H]4C(C(=O)OCC)[C@@H]4C3)nc(-c3ccccc3)n2)CC1. The highest BCUT2D eigenvalue weighted by molar-refractivity contribution is 7.39. The van der Waals surface area contributed by atoms with Gasteiger partial charge in [-0.3, -0.25) is 14.4 Å². The number of amides is 3. The van der Waals surface area contributed by atoms with Crippen LogP contribution in [0.25, 0.3) is 11.4 Å². The second-order valence-electron chi connectivity index (χ2n) is 13.6. The van der Waals surface area contributed by atoms with Gasteiger partial charge in [0.2, 0.25) is 12.1 Å². The number of hydrogen-bond donors (Lipinski definition) is 1. The molecule has 3 fully saturated rings. The summed E-state index contributed by atoms with van der Waals surface area (Å²) < 4.78 is 48.5. The molecule has 1 aliphatic carbocycles. The predicted octanol–water partition coefficient (Wildman–Crippen LogP) is 3.96. The molecule has 5 atom stereocenters. The molecule has 0 bridgehead atoms. The molecule has 2 aromatic rings. The van der Waals surface area contributed by atoms with E-state index in [2.05, 4.69) is 10.3 Å². The molecule has 1 saturated carbocycles. The summed E-state index contributed by atoms with van der Waals surface area (Å²) >= 11 is 0. The van der Waals surface area contributed by atoms with Gasteiger partial charge in [0.05, 0.1) is 32.3 Å². The molecule has 0 spiro atoms. The third kappa shape index (κ3) is 12.2. The third-order valence-electron chi connectivity index (χ3n) is 9.67. The molecule has 1 aromatic heterocycles. The first-order chi connectivity index (χ1) is 28.5. The normalized spacial score (nSPS) is 18.9. The molecule has 59 heavy (non-hydrogen) atoms. The van der Waals surface area contributed by atoms with Crippen molar-refractivity contribution in [2.75, 3.05) is 76.8 Å². The van der Waals surface area contributed by atoms with Crippen LogP contribution in [-0.2, 0) is 47.1 Å². The number of rotatable bonds is 18. The highest BCUT2D eigenvalue weighted by atomic mass is 31.1. The van der Waals surface area contributed by atoms with Crippen molar-refractivity contribution in [2.45, 2.75) is 53.1 Å². The topological polar surface area (TPSA) is 232 Å². The van der Waals surface area contributed by atoms with Crippen molar-refractivity contribution < 1.29 is 66.3 Å². The number of carbonyl (C=O) groups is 6. The van der Waals surface area contributed by atoms with E-state index in [0.29, 0.717) is 37.5 Å². The second kappa shape index (κ2) is 21.4. The molecule has 0 radical (unpaired) electrons. The summed E-state index contributed by atoms with van der Waals surface area (Å²) in [6.45, 7) is 6.26. The first-order valence-corrected chi connectivity index (χ1v) is 21.0. The largest absolute Gasteiger partial charge is 0.518 e. The highest BCUT2D eigenvalue weighted by Crippen LogP contribution is 2.53. The number of carbonyl (C=O) groups excluding carboxylic acids is 6. The maximum absolute atomic E-state index is 14.2. The van der Waals surface area contributed by atoms with Gasteiger partial charge in [-0.2, -0.15) is 0 Å². The number of benzene rings is 1. The Balaban J connectivity index is 1.37. The molecule has 3 amide bonds. The number of piperidine rings is 1. The van der Waals surface area contributed by atoms with E-state index in [9.17, 15) is 33.3 Å². The van der Waals surface area contributed by atoms with Gasteiger partial charge < -0.3 is 48.4 Å². The Kier molecular flexibility index (Phi) is 16.1. The Morgan fingerprint density at radius 3 is 2.02 bits per heavy atom. The van der Waals surface area contributed by atoms with Crippen molar-refractivity contribution >= 4 is 50.0 Å². The number of esters is 1. The summed E-state index contributed by atoms with van der Waals surface area (Å²) in [5.41, 5.74) is 0.501. The number of aromatic nitrogens is 2. The van der Waals surface area contributed by atoms with E-state index in [1.54, 1.807) is 31.2 Å². The van der Waals surface area contributed by atoms with Crippen molar-refractivity contribution in [3.05, 3.63) is 42.1 Å². The van der Waals surface area contributed by atoms with Crippen LogP contribution in [0.3, 0.4) is 0 Å². The zero-order valence-electron chi connectivity index (χ0n) is 33.4. The third-order valence-corrected chi connectivity index (χ3v) is 10.7. The van der Waals surface area contributed by atoms with E-state index in [0.717, 1.165) is 6.42 Å². The van der Waals surface area contributed by atoms with Crippen LogP contribution in [0, 0.1) is 17.8 Å². The van der Waals surface area contributed by atoms with Crippen LogP contribution in [0.4, 0.5) is 20.2 Å². The summed E-state index contributed by atoms with van der Waals surface area (Å²) in [7, 11) is -3.03. The van der Waals surface area contributed by atoms with E-state index >= 15 is 0 Å². The molecule has 2 saturated heterocycles. The predicted molar refractivity (Wildman–Crippen MR) is 206 cm³/mol. The van der Waals surface area contributed by atoms with Crippen LogP contribution < -0.4 is 10.2 Å². The molecule has 2 unspecified atom stereocenters.